The molecule has 1 atom stereocenters. The molecule has 0 saturated carbocycles. The molecule has 2 heterocycles. The quantitative estimate of drug-likeness (QED) is 0.542. The third kappa shape index (κ3) is 4.32. The first-order chi connectivity index (χ1) is 11.8. The summed E-state index contributed by atoms with van der Waals surface area (Å²) in [6.45, 7) is 1.84. The first-order valence-electron chi connectivity index (χ1n) is 7.12. The summed E-state index contributed by atoms with van der Waals surface area (Å²) >= 11 is 7.16. The second kappa shape index (κ2) is 7.05. The number of halogens is 4. The standard InChI is InChI=1S/C16H11ClF3N3OS/c1-9(25-13-6-5-12(17)8-21-13)15-22-14(23-24-15)10-3-2-4-11(7-10)16(18,19)20/h2-9H,1H3. The molecule has 4 nitrogen and oxygen atoms in total. The zero-order valence-electron chi connectivity index (χ0n) is 12.8. The Kier molecular flexibility index (Phi) is 5.01. The molecule has 0 aliphatic rings. The third-order valence-electron chi connectivity index (χ3n) is 3.24. The van der Waals surface area contributed by atoms with Crippen LogP contribution in [0.3, 0.4) is 0 Å². The van der Waals surface area contributed by atoms with Crippen molar-refractivity contribution in [2.45, 2.75) is 23.4 Å². The van der Waals surface area contributed by atoms with Gasteiger partial charge in [0.25, 0.3) is 0 Å². The van der Waals surface area contributed by atoms with Crippen molar-refractivity contribution >= 4 is 23.4 Å². The van der Waals surface area contributed by atoms with Crippen LogP contribution in [-0.4, -0.2) is 15.1 Å². The second-order valence-electron chi connectivity index (χ2n) is 5.11. The van der Waals surface area contributed by atoms with E-state index in [4.69, 9.17) is 16.1 Å². The molecule has 3 rings (SSSR count). The Morgan fingerprint density at radius 1 is 1.20 bits per heavy atom. The summed E-state index contributed by atoms with van der Waals surface area (Å²) in [5.74, 6) is 0.409. The van der Waals surface area contributed by atoms with Crippen molar-refractivity contribution in [1.29, 1.82) is 0 Å². The number of nitrogens with zero attached hydrogens (tertiary/aromatic N) is 3. The van der Waals surface area contributed by atoms with Crippen molar-refractivity contribution in [2.75, 3.05) is 0 Å². The molecule has 1 aromatic carbocycles. The van der Waals surface area contributed by atoms with Gasteiger partial charge in [-0.1, -0.05) is 40.7 Å². The molecule has 130 valence electrons. The third-order valence-corrected chi connectivity index (χ3v) is 4.50. The Labute approximate surface area is 150 Å². The van der Waals surface area contributed by atoms with Crippen LogP contribution >= 0.6 is 23.4 Å². The van der Waals surface area contributed by atoms with Crippen molar-refractivity contribution in [2.24, 2.45) is 0 Å². The van der Waals surface area contributed by atoms with Crippen molar-refractivity contribution < 1.29 is 17.7 Å². The van der Waals surface area contributed by atoms with Gasteiger partial charge in [0, 0.05) is 11.8 Å². The number of alkyl halides is 3. The Balaban J connectivity index is 1.79. The maximum absolute atomic E-state index is 12.8. The average molecular weight is 386 g/mol. The molecule has 0 bridgehead atoms. The number of thioether (sulfide) groups is 1. The lowest BCUT2D eigenvalue weighted by atomic mass is 10.1. The van der Waals surface area contributed by atoms with E-state index >= 15 is 0 Å². The van der Waals surface area contributed by atoms with Crippen molar-refractivity contribution in [3.63, 3.8) is 0 Å². The van der Waals surface area contributed by atoms with Crippen LogP contribution in [0.1, 0.15) is 23.6 Å². The molecular weight excluding hydrogens is 375 g/mol. The lowest BCUT2D eigenvalue weighted by Gasteiger charge is -2.06. The molecule has 9 heteroatoms. The maximum Gasteiger partial charge on any atom is 0.416 e. The minimum Gasteiger partial charge on any atom is -0.338 e. The molecule has 0 radical (unpaired) electrons. The van der Waals surface area contributed by atoms with Gasteiger partial charge in [-0.2, -0.15) is 18.2 Å². The van der Waals surface area contributed by atoms with Crippen molar-refractivity contribution in [3.8, 4) is 11.4 Å². The number of aromatic nitrogens is 3. The van der Waals surface area contributed by atoms with Crippen molar-refractivity contribution in [1.82, 2.24) is 15.1 Å². The lowest BCUT2D eigenvalue weighted by molar-refractivity contribution is -0.137. The van der Waals surface area contributed by atoms with E-state index in [2.05, 4.69) is 15.1 Å². The van der Waals surface area contributed by atoms with Gasteiger partial charge in [0.2, 0.25) is 11.7 Å². The van der Waals surface area contributed by atoms with Gasteiger partial charge in [0.1, 0.15) is 0 Å². The van der Waals surface area contributed by atoms with Gasteiger partial charge in [-0.25, -0.2) is 4.98 Å². The highest BCUT2D eigenvalue weighted by atomic mass is 35.5. The largest absolute Gasteiger partial charge is 0.416 e. The monoisotopic (exact) mass is 385 g/mol. The summed E-state index contributed by atoms with van der Waals surface area (Å²) in [7, 11) is 0. The highest BCUT2D eigenvalue weighted by Crippen LogP contribution is 2.35. The predicted molar refractivity (Wildman–Crippen MR) is 88.3 cm³/mol. The fourth-order valence-electron chi connectivity index (χ4n) is 2.02. The molecule has 0 aliphatic carbocycles. The molecule has 2 aromatic heterocycles. The fourth-order valence-corrected chi connectivity index (χ4v) is 2.95. The van der Waals surface area contributed by atoms with E-state index in [1.807, 2.05) is 6.92 Å². The highest BCUT2D eigenvalue weighted by molar-refractivity contribution is 7.99. The van der Waals surface area contributed by atoms with Crippen LogP contribution in [0.25, 0.3) is 11.4 Å². The SMILES string of the molecule is CC(Sc1ccc(Cl)cn1)c1nc(-c2cccc(C(F)(F)F)c2)no1. The first-order valence-corrected chi connectivity index (χ1v) is 8.38. The van der Waals surface area contributed by atoms with Crippen LogP contribution in [-0.2, 0) is 6.18 Å². The van der Waals surface area contributed by atoms with Gasteiger partial charge in [0.05, 0.1) is 20.9 Å². The fraction of sp³-hybridized carbons (Fsp3) is 0.188. The van der Waals surface area contributed by atoms with E-state index < -0.39 is 11.7 Å². The van der Waals surface area contributed by atoms with Crippen molar-refractivity contribution in [3.05, 3.63) is 59.1 Å². The Bertz CT molecular complexity index is 868. The predicted octanol–water partition coefficient (Wildman–Crippen LogP) is 5.66. The topological polar surface area (TPSA) is 51.8 Å². The molecule has 0 aliphatic heterocycles. The minimum atomic E-state index is -4.42. The molecule has 0 spiro atoms. The normalized spacial score (nSPS) is 13.0. The van der Waals surface area contributed by atoms with Gasteiger partial charge in [0.15, 0.2) is 0 Å². The maximum atomic E-state index is 12.8. The van der Waals surface area contributed by atoms with Crippen LogP contribution < -0.4 is 0 Å². The Morgan fingerprint density at radius 3 is 2.68 bits per heavy atom. The lowest BCUT2D eigenvalue weighted by Crippen LogP contribution is -2.04. The molecule has 3 aromatic rings. The Hall–Kier alpha value is -2.06. The summed E-state index contributed by atoms with van der Waals surface area (Å²) in [4.78, 5) is 8.36. The molecule has 25 heavy (non-hydrogen) atoms. The summed E-state index contributed by atoms with van der Waals surface area (Å²) in [5, 5.41) is 4.80. The molecule has 0 fully saturated rings. The van der Waals surface area contributed by atoms with E-state index in [0.717, 1.165) is 17.2 Å². The summed E-state index contributed by atoms with van der Waals surface area (Å²) < 4.78 is 43.6. The zero-order valence-corrected chi connectivity index (χ0v) is 14.4. The van der Waals surface area contributed by atoms with Gasteiger partial charge < -0.3 is 4.52 Å². The Morgan fingerprint density at radius 2 is 2.00 bits per heavy atom. The summed E-state index contributed by atoms with van der Waals surface area (Å²) in [5.41, 5.74) is -0.518. The van der Waals surface area contributed by atoms with Gasteiger partial charge >= 0.3 is 6.18 Å². The molecule has 1 unspecified atom stereocenters. The van der Waals surface area contributed by atoms with E-state index in [-0.39, 0.29) is 16.6 Å². The number of rotatable bonds is 4. The van der Waals surface area contributed by atoms with Crippen LogP contribution in [0.4, 0.5) is 13.2 Å². The van der Waals surface area contributed by atoms with E-state index in [1.165, 1.54) is 30.1 Å². The van der Waals surface area contributed by atoms with E-state index in [0.29, 0.717) is 10.9 Å². The molecular formula is C16H11ClF3N3OS. The number of pyridine rings is 1. The van der Waals surface area contributed by atoms with Crippen LogP contribution in [0.15, 0.2) is 52.1 Å². The number of benzene rings is 1. The minimum absolute atomic E-state index is 0.109. The molecule has 0 amide bonds. The van der Waals surface area contributed by atoms with Gasteiger partial charge in [-0.3, -0.25) is 0 Å². The molecule has 0 saturated heterocycles. The smallest absolute Gasteiger partial charge is 0.338 e. The molecule has 0 N–H and O–H groups in total. The highest BCUT2D eigenvalue weighted by Gasteiger charge is 2.31. The zero-order chi connectivity index (χ0) is 18.0. The number of hydrogen-bond donors (Lipinski definition) is 0. The van der Waals surface area contributed by atoms with E-state index in [9.17, 15) is 13.2 Å². The van der Waals surface area contributed by atoms with E-state index in [1.54, 1.807) is 12.1 Å². The summed E-state index contributed by atoms with van der Waals surface area (Å²) in [6.07, 6.45) is -2.90. The first kappa shape index (κ1) is 17.8. The second-order valence-corrected chi connectivity index (χ2v) is 6.91. The van der Waals surface area contributed by atoms with Gasteiger partial charge in [-0.05, 0) is 31.2 Å². The van der Waals surface area contributed by atoms with Crippen LogP contribution in [0.5, 0.6) is 0 Å². The summed E-state index contributed by atoms with van der Waals surface area (Å²) in [6, 6.07) is 8.27. The number of hydrogen-bond acceptors (Lipinski definition) is 5. The van der Waals surface area contributed by atoms with Crippen LogP contribution in [0.2, 0.25) is 5.02 Å². The van der Waals surface area contributed by atoms with Crippen LogP contribution in [0, 0.1) is 0 Å². The average Bonchev–Trinajstić information content (AvgIpc) is 3.06. The van der Waals surface area contributed by atoms with Gasteiger partial charge in [-0.15, -0.1) is 0 Å².